The second-order valence-corrected chi connectivity index (χ2v) is 5.49. The molecule has 0 amide bonds. The predicted molar refractivity (Wildman–Crippen MR) is 94.6 cm³/mol. The molecule has 0 N–H and O–H groups in total. The normalized spacial score (nSPS) is 19.6. The molecule has 1 aliphatic rings. The van der Waals surface area contributed by atoms with Gasteiger partial charge in [-0.25, -0.2) is 0 Å². The lowest BCUT2D eigenvalue weighted by molar-refractivity contribution is 0.645. The van der Waals surface area contributed by atoms with E-state index in [-0.39, 0.29) is 0 Å². The van der Waals surface area contributed by atoms with Crippen LogP contribution in [-0.4, -0.2) is 0 Å². The molecule has 3 heteroatoms. The van der Waals surface area contributed by atoms with E-state index in [0.717, 1.165) is 23.1 Å². The van der Waals surface area contributed by atoms with Gasteiger partial charge in [-0.1, -0.05) is 90.6 Å². The van der Waals surface area contributed by atoms with Gasteiger partial charge in [0.2, 0.25) is 0 Å². The average molecular weight is 299 g/mol. The minimum atomic E-state index is -0.538. The van der Waals surface area contributed by atoms with Gasteiger partial charge in [-0.05, 0) is 28.7 Å². The Morgan fingerprint density at radius 2 is 1.70 bits per heavy atom. The van der Waals surface area contributed by atoms with Gasteiger partial charge in [-0.3, -0.25) is 0 Å². The molecular formula is C20H17N3. The third-order valence-electron chi connectivity index (χ3n) is 4.29. The Morgan fingerprint density at radius 3 is 2.35 bits per heavy atom. The van der Waals surface area contributed by atoms with E-state index in [1.165, 1.54) is 0 Å². The molecule has 0 bridgehead atoms. The molecule has 1 atom stereocenters. The lowest BCUT2D eigenvalue weighted by atomic mass is 9.66. The summed E-state index contributed by atoms with van der Waals surface area (Å²) in [4.78, 5) is 2.98. The molecule has 0 saturated heterocycles. The van der Waals surface area contributed by atoms with Crippen LogP contribution in [0.5, 0.6) is 0 Å². The van der Waals surface area contributed by atoms with Crippen LogP contribution in [0.15, 0.2) is 96.3 Å². The molecule has 0 saturated carbocycles. The van der Waals surface area contributed by atoms with Gasteiger partial charge >= 0.3 is 0 Å². The van der Waals surface area contributed by atoms with E-state index in [2.05, 4.69) is 53.0 Å². The fourth-order valence-corrected chi connectivity index (χ4v) is 3.20. The van der Waals surface area contributed by atoms with Crippen LogP contribution in [0.1, 0.15) is 17.5 Å². The van der Waals surface area contributed by atoms with Crippen molar-refractivity contribution in [2.45, 2.75) is 11.8 Å². The van der Waals surface area contributed by atoms with Crippen molar-refractivity contribution in [1.82, 2.24) is 0 Å². The number of rotatable bonds is 4. The van der Waals surface area contributed by atoms with E-state index in [1.807, 2.05) is 42.5 Å². The minimum Gasteiger partial charge on any atom is -0.0923 e. The van der Waals surface area contributed by atoms with Crippen molar-refractivity contribution in [1.29, 1.82) is 0 Å². The zero-order valence-electron chi connectivity index (χ0n) is 12.8. The molecule has 0 aromatic heterocycles. The summed E-state index contributed by atoms with van der Waals surface area (Å²) in [5.41, 5.74) is 12.2. The molecule has 2 aromatic rings. The van der Waals surface area contributed by atoms with Crippen LogP contribution < -0.4 is 0 Å². The Balaban J connectivity index is 2.26. The van der Waals surface area contributed by atoms with E-state index < -0.39 is 5.41 Å². The molecule has 0 heterocycles. The van der Waals surface area contributed by atoms with Gasteiger partial charge in [0, 0.05) is 10.6 Å². The first kappa shape index (κ1) is 14.9. The summed E-state index contributed by atoms with van der Waals surface area (Å²) >= 11 is 0. The van der Waals surface area contributed by atoms with Crippen LogP contribution in [0.3, 0.4) is 0 Å². The summed E-state index contributed by atoms with van der Waals surface area (Å²) in [5, 5.41) is 3.88. The number of nitrogens with zero attached hydrogens (tertiary/aromatic N) is 3. The highest BCUT2D eigenvalue weighted by Gasteiger charge is 2.39. The fourth-order valence-electron chi connectivity index (χ4n) is 3.20. The number of hydrogen-bond acceptors (Lipinski definition) is 1. The van der Waals surface area contributed by atoms with E-state index in [1.54, 1.807) is 0 Å². The maximum atomic E-state index is 8.95. The number of benzene rings is 2. The summed E-state index contributed by atoms with van der Waals surface area (Å²) < 4.78 is 0. The highest BCUT2D eigenvalue weighted by Crippen LogP contribution is 2.48. The van der Waals surface area contributed by atoms with Crippen LogP contribution in [0, 0.1) is 0 Å². The van der Waals surface area contributed by atoms with E-state index in [9.17, 15) is 0 Å². The molecule has 112 valence electrons. The number of hydrogen-bond donors (Lipinski definition) is 0. The molecule has 3 rings (SSSR count). The van der Waals surface area contributed by atoms with Gasteiger partial charge in [-0.15, -0.1) is 0 Å². The van der Waals surface area contributed by atoms with Crippen molar-refractivity contribution in [3.63, 3.8) is 0 Å². The Kier molecular flexibility index (Phi) is 4.13. The van der Waals surface area contributed by atoms with Crippen molar-refractivity contribution >= 4 is 5.57 Å². The fraction of sp³-hybridized carbons (Fsp3) is 0.100. The Morgan fingerprint density at radius 1 is 1.04 bits per heavy atom. The van der Waals surface area contributed by atoms with Crippen molar-refractivity contribution in [3.05, 3.63) is 113 Å². The first-order chi connectivity index (χ1) is 11.3. The molecular weight excluding hydrogens is 282 g/mol. The Hall–Kier alpha value is -3.03. The highest BCUT2D eigenvalue weighted by atomic mass is 15.1. The number of allylic oxidation sites excluding steroid dienone is 4. The molecule has 2 aromatic carbocycles. The smallest absolute Gasteiger partial charge is 0.0511 e. The van der Waals surface area contributed by atoms with Crippen LogP contribution in [-0.2, 0) is 5.41 Å². The average Bonchev–Trinajstić information content (AvgIpc) is 2.63. The van der Waals surface area contributed by atoms with Crippen molar-refractivity contribution in [3.8, 4) is 0 Å². The van der Waals surface area contributed by atoms with Gasteiger partial charge in [0.15, 0.2) is 0 Å². The summed E-state index contributed by atoms with van der Waals surface area (Å²) in [6.45, 7) is 4.10. The van der Waals surface area contributed by atoms with Crippen molar-refractivity contribution in [2.24, 2.45) is 5.11 Å². The van der Waals surface area contributed by atoms with Gasteiger partial charge in [-0.2, -0.15) is 0 Å². The van der Waals surface area contributed by atoms with Gasteiger partial charge in [0.05, 0.1) is 5.41 Å². The van der Waals surface area contributed by atoms with Crippen molar-refractivity contribution in [2.75, 3.05) is 0 Å². The Labute approximate surface area is 135 Å². The molecule has 0 radical (unpaired) electrons. The first-order valence-corrected chi connectivity index (χ1v) is 7.52. The quantitative estimate of drug-likeness (QED) is 0.389. The summed E-state index contributed by atoms with van der Waals surface area (Å²) in [5.74, 6) is 0. The molecule has 3 nitrogen and oxygen atoms in total. The summed E-state index contributed by atoms with van der Waals surface area (Å²) in [6, 6.07) is 20.3. The largest absolute Gasteiger partial charge is 0.0923 e. The minimum absolute atomic E-state index is 0.519. The van der Waals surface area contributed by atoms with E-state index in [4.69, 9.17) is 5.53 Å². The molecule has 0 aliphatic heterocycles. The third-order valence-corrected chi connectivity index (χ3v) is 4.29. The van der Waals surface area contributed by atoms with Crippen molar-refractivity contribution < 1.29 is 0 Å². The van der Waals surface area contributed by atoms with Crippen LogP contribution in [0.25, 0.3) is 16.0 Å². The zero-order chi connectivity index (χ0) is 16.1. The first-order valence-electron chi connectivity index (χ1n) is 7.52. The van der Waals surface area contributed by atoms with Gasteiger partial charge < -0.3 is 0 Å². The zero-order valence-corrected chi connectivity index (χ0v) is 12.8. The van der Waals surface area contributed by atoms with Crippen LogP contribution >= 0.6 is 0 Å². The number of azide groups is 1. The lowest BCUT2D eigenvalue weighted by Gasteiger charge is -2.38. The standard InChI is InChI=1S/C20H17N3/c1-16(22-23-21)20(18-12-6-3-7-13-18)15-9-8-14-19(20)17-10-4-2-5-11-17/h2-14H,1,15H2. The Bertz CT molecular complexity index is 812. The van der Waals surface area contributed by atoms with Gasteiger partial charge in [0.25, 0.3) is 0 Å². The third kappa shape index (κ3) is 2.59. The monoisotopic (exact) mass is 299 g/mol. The van der Waals surface area contributed by atoms with E-state index in [0.29, 0.717) is 5.70 Å². The van der Waals surface area contributed by atoms with Crippen LogP contribution in [0.4, 0.5) is 0 Å². The second kappa shape index (κ2) is 6.39. The molecule has 0 fully saturated rings. The molecule has 1 aliphatic carbocycles. The van der Waals surface area contributed by atoms with Gasteiger partial charge in [0.1, 0.15) is 0 Å². The topological polar surface area (TPSA) is 48.8 Å². The molecule has 1 unspecified atom stereocenters. The highest BCUT2D eigenvalue weighted by molar-refractivity contribution is 5.81. The maximum absolute atomic E-state index is 8.95. The summed E-state index contributed by atoms with van der Waals surface area (Å²) in [7, 11) is 0. The maximum Gasteiger partial charge on any atom is 0.0511 e. The summed E-state index contributed by atoms with van der Waals surface area (Å²) in [6.07, 6.45) is 6.95. The van der Waals surface area contributed by atoms with E-state index >= 15 is 0 Å². The molecule has 0 spiro atoms. The predicted octanol–water partition coefficient (Wildman–Crippen LogP) is 5.79. The lowest BCUT2D eigenvalue weighted by Crippen LogP contribution is -2.30. The van der Waals surface area contributed by atoms with Crippen LogP contribution in [0.2, 0.25) is 0 Å². The second-order valence-electron chi connectivity index (χ2n) is 5.49. The SMILES string of the molecule is C=C(N=[N+]=[N-])C1(c2ccccc2)CC=CC=C1c1ccccc1. The molecule has 23 heavy (non-hydrogen) atoms.